The van der Waals surface area contributed by atoms with Gasteiger partial charge in [-0.25, -0.2) is 4.79 Å². The Morgan fingerprint density at radius 1 is 1.25 bits per heavy atom. The largest absolute Gasteiger partial charge is 0.343 e. The third-order valence-electron chi connectivity index (χ3n) is 4.89. The summed E-state index contributed by atoms with van der Waals surface area (Å²) >= 11 is 0. The molecular weight excluding hydrogens is 408 g/mol. The van der Waals surface area contributed by atoms with E-state index in [0.717, 1.165) is 4.57 Å². The molecular formula is C22H26N8O2. The molecule has 0 amide bonds. The van der Waals surface area contributed by atoms with Crippen LogP contribution in [0.3, 0.4) is 0 Å². The Balaban J connectivity index is 2.23. The number of hydrogen-bond donors (Lipinski definition) is 1. The van der Waals surface area contributed by atoms with Gasteiger partial charge in [0.2, 0.25) is 5.95 Å². The Bertz CT molecular complexity index is 1370. The summed E-state index contributed by atoms with van der Waals surface area (Å²) in [7, 11) is 3.41. The van der Waals surface area contributed by atoms with Gasteiger partial charge in [-0.2, -0.15) is 10.2 Å². The number of aryl methyl sites for hydroxylation is 1. The van der Waals surface area contributed by atoms with Gasteiger partial charge in [-0.05, 0) is 32.9 Å². The van der Waals surface area contributed by atoms with Gasteiger partial charge in [0.1, 0.15) is 6.07 Å². The van der Waals surface area contributed by atoms with Crippen molar-refractivity contribution < 1.29 is 0 Å². The highest BCUT2D eigenvalue weighted by atomic mass is 16.2. The normalized spacial score (nSPS) is 11.2. The van der Waals surface area contributed by atoms with Crippen molar-refractivity contribution in [1.82, 2.24) is 23.7 Å². The van der Waals surface area contributed by atoms with Gasteiger partial charge in [-0.15, -0.1) is 5.92 Å². The van der Waals surface area contributed by atoms with Gasteiger partial charge < -0.3 is 10.6 Å². The van der Waals surface area contributed by atoms with Crippen LogP contribution >= 0.6 is 0 Å². The highest BCUT2D eigenvalue weighted by Gasteiger charge is 2.24. The van der Waals surface area contributed by atoms with Gasteiger partial charge in [0.15, 0.2) is 11.2 Å². The van der Waals surface area contributed by atoms with E-state index in [1.165, 1.54) is 10.8 Å². The van der Waals surface area contributed by atoms with E-state index in [9.17, 15) is 9.59 Å². The monoisotopic (exact) mass is 434 g/mol. The first-order valence-corrected chi connectivity index (χ1v) is 10.0. The van der Waals surface area contributed by atoms with Crippen molar-refractivity contribution in [2.75, 3.05) is 18.5 Å². The molecule has 0 aliphatic rings. The molecule has 3 aromatic heterocycles. The van der Waals surface area contributed by atoms with Crippen LogP contribution in [0.2, 0.25) is 0 Å². The number of rotatable bonds is 6. The fourth-order valence-electron chi connectivity index (χ4n) is 3.53. The van der Waals surface area contributed by atoms with Crippen LogP contribution in [0.5, 0.6) is 0 Å². The van der Waals surface area contributed by atoms with E-state index in [1.54, 1.807) is 30.7 Å². The van der Waals surface area contributed by atoms with Crippen molar-refractivity contribution in [2.24, 2.45) is 12.8 Å². The molecule has 0 bridgehead atoms. The summed E-state index contributed by atoms with van der Waals surface area (Å²) in [5.41, 5.74) is 6.14. The predicted octanol–water partition coefficient (Wildman–Crippen LogP) is 0.408. The van der Waals surface area contributed by atoms with Crippen molar-refractivity contribution in [3.05, 3.63) is 50.4 Å². The van der Waals surface area contributed by atoms with E-state index < -0.39 is 16.8 Å². The highest BCUT2D eigenvalue weighted by molar-refractivity contribution is 5.74. The molecule has 10 nitrogen and oxygen atoms in total. The quantitative estimate of drug-likeness (QED) is 0.557. The van der Waals surface area contributed by atoms with Crippen molar-refractivity contribution >= 4 is 17.1 Å². The summed E-state index contributed by atoms with van der Waals surface area (Å²) in [6.07, 6.45) is 1.41. The Morgan fingerprint density at radius 3 is 2.53 bits per heavy atom. The summed E-state index contributed by atoms with van der Waals surface area (Å²) in [6.45, 7) is 6.20. The molecule has 10 heteroatoms. The summed E-state index contributed by atoms with van der Waals surface area (Å²) < 4.78 is 4.17. The lowest BCUT2D eigenvalue weighted by Crippen LogP contribution is -2.44. The van der Waals surface area contributed by atoms with Crippen molar-refractivity contribution in [2.45, 2.75) is 39.4 Å². The lowest BCUT2D eigenvalue weighted by molar-refractivity contribution is 0.512. The average molecular weight is 435 g/mol. The van der Waals surface area contributed by atoms with Gasteiger partial charge in [0, 0.05) is 32.4 Å². The number of fused-ring (bicyclic) bond motifs is 1. The van der Waals surface area contributed by atoms with Crippen LogP contribution in [0.4, 0.5) is 5.95 Å². The molecule has 0 saturated heterocycles. The number of hydrogen-bond acceptors (Lipinski definition) is 7. The molecule has 0 atom stereocenters. The number of pyridine rings is 1. The van der Waals surface area contributed by atoms with Crippen LogP contribution in [0, 0.1) is 23.2 Å². The second-order valence-electron chi connectivity index (χ2n) is 8.32. The third-order valence-corrected chi connectivity index (χ3v) is 4.89. The molecule has 166 valence electrons. The Hall–Kier alpha value is -3.89. The topological polar surface area (TPSA) is 128 Å². The number of nitrogens with two attached hydrogens (primary N) is 1. The van der Waals surface area contributed by atoms with Gasteiger partial charge in [-0.1, -0.05) is 5.92 Å². The smallest absolute Gasteiger partial charge is 0.332 e. The van der Waals surface area contributed by atoms with Crippen LogP contribution in [-0.4, -0.2) is 42.8 Å². The van der Waals surface area contributed by atoms with Crippen molar-refractivity contribution in [3.63, 3.8) is 0 Å². The Morgan fingerprint density at radius 2 is 1.97 bits per heavy atom. The molecule has 0 saturated carbocycles. The molecule has 0 unspecified atom stereocenters. The molecule has 0 radical (unpaired) electrons. The predicted molar refractivity (Wildman–Crippen MR) is 122 cm³/mol. The van der Waals surface area contributed by atoms with E-state index >= 15 is 0 Å². The average Bonchev–Trinajstić information content (AvgIpc) is 3.13. The maximum absolute atomic E-state index is 13.5. The summed E-state index contributed by atoms with van der Waals surface area (Å²) in [4.78, 5) is 37.1. The zero-order valence-electron chi connectivity index (χ0n) is 18.9. The lowest BCUT2D eigenvalue weighted by Gasteiger charge is -2.27. The fraction of sp³-hybridized carbons (Fsp3) is 0.409. The summed E-state index contributed by atoms with van der Waals surface area (Å²) in [5, 5.41) is 8.95. The molecule has 3 aromatic rings. The van der Waals surface area contributed by atoms with Crippen LogP contribution in [0.1, 0.15) is 32.0 Å². The maximum Gasteiger partial charge on any atom is 0.332 e. The number of nitriles is 1. The minimum Gasteiger partial charge on any atom is -0.343 e. The molecule has 0 spiro atoms. The number of imidazole rings is 1. The van der Waals surface area contributed by atoms with E-state index in [2.05, 4.69) is 21.8 Å². The molecule has 2 N–H and O–H groups in total. The highest BCUT2D eigenvalue weighted by Crippen LogP contribution is 2.20. The SMILES string of the molecule is CC#CCn1c(N(C)CC(C)(C)N)nc2c1c(=O)n(Cc1ccc(C#N)cn1)c(=O)n2C. The minimum absolute atomic E-state index is 0.0290. The van der Waals surface area contributed by atoms with Crippen LogP contribution in [0.25, 0.3) is 11.2 Å². The standard InChI is InChI=1S/C22H26N8O2/c1-6-7-10-29-17-18(26-20(29)27(4)14-22(2,3)24)28(5)21(32)30(19(17)31)13-16-9-8-15(11-23)12-25-16/h8-9,12H,10,13-14,24H2,1-5H3. The van der Waals surface area contributed by atoms with E-state index in [1.807, 2.05) is 31.9 Å². The first-order chi connectivity index (χ1) is 15.1. The number of anilines is 1. The van der Waals surface area contributed by atoms with Crippen molar-refractivity contribution in [1.29, 1.82) is 5.26 Å². The second-order valence-corrected chi connectivity index (χ2v) is 8.32. The molecule has 3 heterocycles. The minimum atomic E-state index is -0.506. The zero-order chi connectivity index (χ0) is 23.6. The van der Waals surface area contributed by atoms with E-state index in [0.29, 0.717) is 23.8 Å². The maximum atomic E-state index is 13.5. The first kappa shape index (κ1) is 22.8. The molecule has 0 fully saturated rings. The number of aromatic nitrogens is 5. The first-order valence-electron chi connectivity index (χ1n) is 10.0. The molecule has 0 aliphatic heterocycles. The summed E-state index contributed by atoms with van der Waals surface area (Å²) in [6, 6.07) is 5.21. The van der Waals surface area contributed by atoms with E-state index in [-0.39, 0.29) is 24.3 Å². The van der Waals surface area contributed by atoms with Crippen LogP contribution in [0.15, 0.2) is 27.9 Å². The molecule has 3 rings (SSSR count). The zero-order valence-corrected chi connectivity index (χ0v) is 18.9. The lowest BCUT2D eigenvalue weighted by atomic mass is 10.1. The van der Waals surface area contributed by atoms with Crippen LogP contribution < -0.4 is 21.9 Å². The molecule has 0 aromatic carbocycles. The van der Waals surface area contributed by atoms with Crippen molar-refractivity contribution in [3.8, 4) is 17.9 Å². The van der Waals surface area contributed by atoms with Gasteiger partial charge in [0.25, 0.3) is 5.56 Å². The van der Waals surface area contributed by atoms with E-state index in [4.69, 9.17) is 11.0 Å². The molecule has 32 heavy (non-hydrogen) atoms. The number of likely N-dealkylation sites (N-methyl/N-ethyl adjacent to an activating group) is 1. The van der Waals surface area contributed by atoms with Gasteiger partial charge in [0.05, 0.1) is 24.3 Å². The van der Waals surface area contributed by atoms with Crippen LogP contribution in [-0.2, 0) is 20.1 Å². The molecule has 0 aliphatic carbocycles. The Labute approximate surface area is 185 Å². The number of nitrogens with zero attached hydrogens (tertiary/aromatic N) is 7. The third kappa shape index (κ3) is 4.41. The second kappa shape index (κ2) is 8.69. The van der Waals surface area contributed by atoms with Gasteiger partial charge >= 0.3 is 5.69 Å². The fourth-order valence-corrected chi connectivity index (χ4v) is 3.53. The Kier molecular flexibility index (Phi) is 6.19. The summed E-state index contributed by atoms with van der Waals surface area (Å²) in [5.74, 6) is 6.32. The van der Waals surface area contributed by atoms with Gasteiger partial charge in [-0.3, -0.25) is 23.5 Å².